The van der Waals surface area contributed by atoms with Gasteiger partial charge in [0.1, 0.15) is 6.04 Å². The van der Waals surface area contributed by atoms with E-state index in [1.54, 1.807) is 4.68 Å². The Morgan fingerprint density at radius 2 is 1.85 bits per heavy atom. The third-order valence-corrected chi connectivity index (χ3v) is 8.05. The molecular formula is C30H37N7O3. The molecule has 40 heavy (non-hydrogen) atoms. The Labute approximate surface area is 234 Å². The highest BCUT2D eigenvalue weighted by atomic mass is 16.5. The lowest BCUT2D eigenvalue weighted by Gasteiger charge is -2.35. The van der Waals surface area contributed by atoms with E-state index in [4.69, 9.17) is 14.8 Å². The summed E-state index contributed by atoms with van der Waals surface area (Å²) in [6.07, 6.45) is 2.12. The maximum atomic E-state index is 13.7. The molecule has 6 rings (SSSR count). The van der Waals surface area contributed by atoms with Crippen LogP contribution in [0.15, 0.2) is 36.4 Å². The summed E-state index contributed by atoms with van der Waals surface area (Å²) >= 11 is 0. The summed E-state index contributed by atoms with van der Waals surface area (Å²) < 4.78 is 7.57. The van der Waals surface area contributed by atoms with Crippen LogP contribution >= 0.6 is 0 Å². The molecule has 3 aromatic rings. The third kappa shape index (κ3) is 5.09. The first-order chi connectivity index (χ1) is 19.3. The van der Waals surface area contributed by atoms with Crippen molar-refractivity contribution in [2.75, 3.05) is 36.9 Å². The Morgan fingerprint density at radius 1 is 1.05 bits per heavy atom. The van der Waals surface area contributed by atoms with E-state index in [0.29, 0.717) is 37.1 Å². The Balaban J connectivity index is 1.43. The van der Waals surface area contributed by atoms with Crippen molar-refractivity contribution in [3.8, 4) is 17.1 Å². The topological polar surface area (TPSA) is 113 Å². The molecule has 3 aliphatic rings. The highest BCUT2D eigenvalue weighted by molar-refractivity contribution is 6.03. The molecule has 4 heterocycles. The Morgan fingerprint density at radius 3 is 2.60 bits per heavy atom. The van der Waals surface area contributed by atoms with Crippen LogP contribution in [0.1, 0.15) is 61.3 Å². The van der Waals surface area contributed by atoms with E-state index in [1.807, 2.05) is 36.1 Å². The van der Waals surface area contributed by atoms with Gasteiger partial charge in [-0.1, -0.05) is 6.07 Å². The average Bonchev–Trinajstić information content (AvgIpc) is 3.39. The molecule has 2 fully saturated rings. The van der Waals surface area contributed by atoms with Crippen molar-refractivity contribution in [1.29, 1.82) is 0 Å². The second kappa shape index (κ2) is 10.7. The quantitative estimate of drug-likeness (QED) is 0.460. The SMILES string of the molecule is Cc1ccc(-n2nc(C(=O)N3C[C@@H](C)N[C@@H](C)C3)nc2-c2ccc3c(c2)N[C@H](C)C(=O)N3)cc1C1CCCOC1. The molecule has 0 bridgehead atoms. The summed E-state index contributed by atoms with van der Waals surface area (Å²) in [5.74, 6) is 0.818. The number of hydrogen-bond donors (Lipinski definition) is 3. The predicted octanol–water partition coefficient (Wildman–Crippen LogP) is 3.71. The highest BCUT2D eigenvalue weighted by Crippen LogP contribution is 2.34. The molecule has 210 valence electrons. The number of amides is 2. The number of anilines is 2. The lowest BCUT2D eigenvalue weighted by Crippen LogP contribution is -2.56. The molecule has 0 radical (unpaired) electrons. The second-order valence-corrected chi connectivity index (χ2v) is 11.4. The number of fused-ring (bicyclic) bond motifs is 1. The van der Waals surface area contributed by atoms with Gasteiger partial charge in [0.05, 0.1) is 23.7 Å². The van der Waals surface area contributed by atoms with E-state index >= 15 is 0 Å². The largest absolute Gasteiger partial charge is 0.381 e. The van der Waals surface area contributed by atoms with Gasteiger partial charge < -0.3 is 25.6 Å². The lowest BCUT2D eigenvalue weighted by atomic mass is 9.90. The molecule has 0 aliphatic carbocycles. The summed E-state index contributed by atoms with van der Waals surface area (Å²) in [6.45, 7) is 10.8. The Bertz CT molecular complexity index is 1440. The minimum atomic E-state index is -0.355. The number of rotatable bonds is 4. The molecule has 1 aromatic heterocycles. The molecule has 2 saturated heterocycles. The van der Waals surface area contributed by atoms with Crippen LogP contribution in [0.3, 0.4) is 0 Å². The van der Waals surface area contributed by atoms with Crippen LogP contribution in [0, 0.1) is 6.92 Å². The van der Waals surface area contributed by atoms with Crippen molar-refractivity contribution in [2.24, 2.45) is 0 Å². The zero-order valence-electron chi connectivity index (χ0n) is 23.5. The monoisotopic (exact) mass is 543 g/mol. The highest BCUT2D eigenvalue weighted by Gasteiger charge is 2.30. The molecule has 3 N–H and O–H groups in total. The van der Waals surface area contributed by atoms with Crippen LogP contribution in [-0.2, 0) is 9.53 Å². The van der Waals surface area contributed by atoms with Gasteiger partial charge in [0, 0.05) is 43.3 Å². The van der Waals surface area contributed by atoms with Gasteiger partial charge in [-0.15, -0.1) is 5.10 Å². The normalized spacial score (nSPS) is 24.7. The van der Waals surface area contributed by atoms with Gasteiger partial charge in [0.15, 0.2) is 5.82 Å². The number of nitrogens with zero attached hydrogens (tertiary/aromatic N) is 4. The molecule has 10 nitrogen and oxygen atoms in total. The van der Waals surface area contributed by atoms with Gasteiger partial charge in [-0.3, -0.25) is 9.59 Å². The van der Waals surface area contributed by atoms with Crippen molar-refractivity contribution < 1.29 is 14.3 Å². The van der Waals surface area contributed by atoms with Gasteiger partial charge in [-0.2, -0.15) is 0 Å². The number of aryl methyl sites for hydroxylation is 1. The standard InChI is InChI=1S/C30H37N7O3/c1-17-7-9-23(13-24(17)22-6-5-11-40-16-22)37-28(21-8-10-25-26(12-21)32-20(4)29(38)33-25)34-27(35-37)30(39)36-14-18(2)31-19(3)15-36/h7-10,12-13,18-20,22,31-32H,5-6,11,14-16H2,1-4H3,(H,33,38)/t18-,19+,20-,22?/m1/s1. The van der Waals surface area contributed by atoms with E-state index < -0.39 is 0 Å². The van der Waals surface area contributed by atoms with Crippen LogP contribution < -0.4 is 16.0 Å². The van der Waals surface area contributed by atoms with Crippen molar-refractivity contribution in [2.45, 2.75) is 64.6 Å². The predicted molar refractivity (Wildman–Crippen MR) is 154 cm³/mol. The number of piperazine rings is 1. The van der Waals surface area contributed by atoms with E-state index in [0.717, 1.165) is 36.4 Å². The van der Waals surface area contributed by atoms with E-state index in [-0.39, 0.29) is 35.8 Å². The van der Waals surface area contributed by atoms with Crippen LogP contribution in [0.4, 0.5) is 11.4 Å². The summed E-state index contributed by atoms with van der Waals surface area (Å²) in [6, 6.07) is 12.1. The van der Waals surface area contributed by atoms with E-state index in [1.165, 1.54) is 11.1 Å². The fourth-order valence-electron chi connectivity index (χ4n) is 6.04. The molecule has 0 saturated carbocycles. The zero-order chi connectivity index (χ0) is 28.0. The van der Waals surface area contributed by atoms with Crippen molar-refractivity contribution in [3.05, 3.63) is 53.3 Å². The molecule has 2 aromatic carbocycles. The van der Waals surface area contributed by atoms with E-state index in [9.17, 15) is 9.59 Å². The first-order valence-electron chi connectivity index (χ1n) is 14.2. The summed E-state index contributed by atoms with van der Waals surface area (Å²) in [5, 5.41) is 14.5. The molecule has 10 heteroatoms. The Hall–Kier alpha value is -3.76. The number of carbonyl (C=O) groups is 2. The molecule has 3 aliphatic heterocycles. The van der Waals surface area contributed by atoms with E-state index in [2.05, 4.69) is 48.9 Å². The maximum Gasteiger partial charge on any atom is 0.293 e. The summed E-state index contributed by atoms with van der Waals surface area (Å²) in [5.41, 5.74) is 5.62. The maximum absolute atomic E-state index is 13.7. The van der Waals surface area contributed by atoms with Crippen molar-refractivity contribution >= 4 is 23.2 Å². The fourth-order valence-corrected chi connectivity index (χ4v) is 6.04. The lowest BCUT2D eigenvalue weighted by molar-refractivity contribution is -0.116. The fraction of sp³-hybridized carbons (Fsp3) is 0.467. The molecule has 4 atom stereocenters. The van der Waals surface area contributed by atoms with Crippen LogP contribution in [0.5, 0.6) is 0 Å². The van der Waals surface area contributed by atoms with Gasteiger partial charge in [0.25, 0.3) is 5.91 Å². The van der Waals surface area contributed by atoms with Gasteiger partial charge in [-0.05, 0) is 82.0 Å². The van der Waals surface area contributed by atoms with Crippen molar-refractivity contribution in [1.82, 2.24) is 25.0 Å². The number of ether oxygens (including phenoxy) is 1. The minimum Gasteiger partial charge on any atom is -0.381 e. The first kappa shape index (κ1) is 26.5. The number of aromatic nitrogens is 3. The number of carbonyl (C=O) groups excluding carboxylic acids is 2. The van der Waals surface area contributed by atoms with Gasteiger partial charge >= 0.3 is 0 Å². The van der Waals surface area contributed by atoms with Crippen LogP contribution in [0.2, 0.25) is 0 Å². The Kier molecular flexibility index (Phi) is 7.06. The number of hydrogen-bond acceptors (Lipinski definition) is 7. The summed E-state index contributed by atoms with van der Waals surface area (Å²) in [4.78, 5) is 32.5. The minimum absolute atomic E-state index is 0.0744. The van der Waals surface area contributed by atoms with Crippen molar-refractivity contribution in [3.63, 3.8) is 0 Å². The zero-order valence-corrected chi connectivity index (χ0v) is 23.5. The first-order valence-corrected chi connectivity index (χ1v) is 14.2. The second-order valence-electron chi connectivity index (χ2n) is 11.4. The van der Waals surface area contributed by atoms with Crippen LogP contribution in [-0.4, -0.2) is 75.9 Å². The molecule has 1 unspecified atom stereocenters. The summed E-state index contributed by atoms with van der Waals surface area (Å²) in [7, 11) is 0. The smallest absolute Gasteiger partial charge is 0.293 e. The average molecular weight is 544 g/mol. The number of benzene rings is 2. The third-order valence-electron chi connectivity index (χ3n) is 8.05. The van der Waals surface area contributed by atoms with Crippen LogP contribution in [0.25, 0.3) is 17.1 Å². The van der Waals surface area contributed by atoms with Gasteiger partial charge in [0.2, 0.25) is 11.7 Å². The number of nitrogens with one attached hydrogen (secondary N) is 3. The molecule has 2 amide bonds. The molecular weight excluding hydrogens is 506 g/mol. The molecule has 0 spiro atoms. The van der Waals surface area contributed by atoms with Gasteiger partial charge in [-0.25, -0.2) is 9.67 Å².